The SMILES string of the molecule is COc1ccc(/C=C/C(=O)O[C@H](C)C(=O)Nc2ccc(NC(C)=O)cc2)c(OC)c1. The second-order valence-electron chi connectivity index (χ2n) is 6.27. The van der Waals surface area contributed by atoms with E-state index >= 15 is 0 Å². The number of ether oxygens (including phenoxy) is 3. The molecule has 0 bridgehead atoms. The fourth-order valence-electron chi connectivity index (χ4n) is 2.47. The maximum Gasteiger partial charge on any atom is 0.331 e. The third kappa shape index (κ3) is 6.66. The summed E-state index contributed by atoms with van der Waals surface area (Å²) >= 11 is 0. The molecule has 8 heteroatoms. The molecule has 2 amide bonds. The fourth-order valence-corrected chi connectivity index (χ4v) is 2.47. The number of nitrogens with one attached hydrogen (secondary N) is 2. The highest BCUT2D eigenvalue weighted by atomic mass is 16.5. The maximum atomic E-state index is 12.2. The lowest BCUT2D eigenvalue weighted by atomic mass is 10.1. The molecule has 0 aliphatic heterocycles. The van der Waals surface area contributed by atoms with Crippen LogP contribution in [-0.2, 0) is 19.1 Å². The predicted molar refractivity (Wildman–Crippen MR) is 114 cm³/mol. The number of hydrogen-bond acceptors (Lipinski definition) is 6. The first kappa shape index (κ1) is 22.5. The van der Waals surface area contributed by atoms with Crippen LogP contribution in [0.4, 0.5) is 11.4 Å². The summed E-state index contributed by atoms with van der Waals surface area (Å²) in [6, 6.07) is 11.7. The highest BCUT2D eigenvalue weighted by Gasteiger charge is 2.17. The third-order valence-electron chi connectivity index (χ3n) is 3.97. The number of rotatable bonds is 8. The van der Waals surface area contributed by atoms with E-state index in [0.29, 0.717) is 28.4 Å². The first-order valence-electron chi connectivity index (χ1n) is 9.11. The van der Waals surface area contributed by atoms with Gasteiger partial charge in [-0.1, -0.05) is 0 Å². The van der Waals surface area contributed by atoms with Crippen LogP contribution in [0.5, 0.6) is 11.5 Å². The Balaban J connectivity index is 1.92. The van der Waals surface area contributed by atoms with Gasteiger partial charge in [-0.05, 0) is 49.4 Å². The Bertz CT molecular complexity index is 937. The largest absolute Gasteiger partial charge is 0.497 e. The molecule has 2 aromatic carbocycles. The second kappa shape index (κ2) is 10.7. The summed E-state index contributed by atoms with van der Waals surface area (Å²) in [5.74, 6) is -0.177. The Hall–Kier alpha value is -3.81. The Kier molecular flexibility index (Phi) is 7.99. The molecule has 158 valence electrons. The van der Waals surface area contributed by atoms with Crippen molar-refractivity contribution in [2.45, 2.75) is 20.0 Å². The van der Waals surface area contributed by atoms with E-state index in [1.54, 1.807) is 49.6 Å². The summed E-state index contributed by atoms with van der Waals surface area (Å²) in [5, 5.41) is 5.28. The van der Waals surface area contributed by atoms with Gasteiger partial charge in [0.1, 0.15) is 11.5 Å². The van der Waals surface area contributed by atoms with E-state index in [1.165, 1.54) is 33.1 Å². The van der Waals surface area contributed by atoms with Gasteiger partial charge in [-0.25, -0.2) is 4.79 Å². The number of carbonyl (C=O) groups excluding carboxylic acids is 3. The molecule has 0 heterocycles. The predicted octanol–water partition coefficient (Wildman–Crippen LogP) is 3.25. The van der Waals surface area contributed by atoms with Crippen LogP contribution in [-0.4, -0.2) is 38.1 Å². The molecule has 0 saturated heterocycles. The summed E-state index contributed by atoms with van der Waals surface area (Å²) < 4.78 is 15.5. The number of carbonyl (C=O) groups is 3. The Labute approximate surface area is 174 Å². The van der Waals surface area contributed by atoms with Crippen LogP contribution in [0, 0.1) is 0 Å². The average Bonchev–Trinajstić information content (AvgIpc) is 2.73. The van der Waals surface area contributed by atoms with Crippen LogP contribution in [0.3, 0.4) is 0 Å². The van der Waals surface area contributed by atoms with Crippen molar-refractivity contribution in [1.29, 1.82) is 0 Å². The summed E-state index contributed by atoms with van der Waals surface area (Å²) in [6.45, 7) is 2.88. The molecule has 1 atom stereocenters. The highest BCUT2D eigenvalue weighted by molar-refractivity contribution is 5.97. The van der Waals surface area contributed by atoms with Crippen molar-refractivity contribution >= 4 is 35.2 Å². The quantitative estimate of drug-likeness (QED) is 0.510. The van der Waals surface area contributed by atoms with E-state index in [-0.39, 0.29) is 5.91 Å². The van der Waals surface area contributed by atoms with Gasteiger partial charge in [-0.2, -0.15) is 0 Å². The number of hydrogen-bond donors (Lipinski definition) is 2. The van der Waals surface area contributed by atoms with Crippen molar-refractivity contribution in [1.82, 2.24) is 0 Å². The third-order valence-corrected chi connectivity index (χ3v) is 3.97. The second-order valence-corrected chi connectivity index (χ2v) is 6.27. The number of esters is 1. The van der Waals surface area contributed by atoms with Gasteiger partial charge in [0.25, 0.3) is 5.91 Å². The lowest BCUT2D eigenvalue weighted by Crippen LogP contribution is -2.29. The molecule has 0 radical (unpaired) electrons. The number of amides is 2. The zero-order valence-corrected chi connectivity index (χ0v) is 17.2. The van der Waals surface area contributed by atoms with E-state index in [9.17, 15) is 14.4 Å². The van der Waals surface area contributed by atoms with Gasteiger partial charge in [0.2, 0.25) is 5.91 Å². The monoisotopic (exact) mass is 412 g/mol. The molecule has 0 aliphatic rings. The van der Waals surface area contributed by atoms with Crippen LogP contribution < -0.4 is 20.1 Å². The Morgan fingerprint density at radius 2 is 1.57 bits per heavy atom. The van der Waals surface area contributed by atoms with E-state index in [1.807, 2.05) is 0 Å². The molecule has 2 rings (SSSR count). The molecule has 0 fully saturated rings. The van der Waals surface area contributed by atoms with Gasteiger partial charge in [0, 0.05) is 36.0 Å². The molecule has 0 spiro atoms. The number of benzene rings is 2. The molecular weight excluding hydrogens is 388 g/mol. The van der Waals surface area contributed by atoms with Crippen molar-refractivity contribution in [3.05, 3.63) is 54.1 Å². The topological polar surface area (TPSA) is 103 Å². The van der Waals surface area contributed by atoms with Crippen LogP contribution in [0.1, 0.15) is 19.4 Å². The lowest BCUT2D eigenvalue weighted by molar-refractivity contribution is -0.148. The summed E-state index contributed by atoms with van der Waals surface area (Å²) in [4.78, 5) is 35.3. The van der Waals surface area contributed by atoms with E-state index < -0.39 is 18.0 Å². The van der Waals surface area contributed by atoms with Gasteiger partial charge in [-0.15, -0.1) is 0 Å². The molecule has 0 aromatic heterocycles. The summed E-state index contributed by atoms with van der Waals surface area (Å²) in [7, 11) is 3.06. The van der Waals surface area contributed by atoms with Gasteiger partial charge in [-0.3, -0.25) is 9.59 Å². The zero-order chi connectivity index (χ0) is 22.1. The molecular formula is C22H24N2O6. The average molecular weight is 412 g/mol. The van der Waals surface area contributed by atoms with Gasteiger partial charge < -0.3 is 24.8 Å². The Morgan fingerprint density at radius 3 is 2.13 bits per heavy atom. The van der Waals surface area contributed by atoms with Crippen molar-refractivity contribution in [2.75, 3.05) is 24.9 Å². The van der Waals surface area contributed by atoms with E-state index in [4.69, 9.17) is 14.2 Å². The van der Waals surface area contributed by atoms with Crippen LogP contribution in [0.25, 0.3) is 6.08 Å². The molecule has 8 nitrogen and oxygen atoms in total. The van der Waals surface area contributed by atoms with E-state index in [0.717, 1.165) is 0 Å². The van der Waals surface area contributed by atoms with Crippen LogP contribution in [0.2, 0.25) is 0 Å². The Morgan fingerprint density at radius 1 is 0.933 bits per heavy atom. The molecule has 2 N–H and O–H groups in total. The first-order chi connectivity index (χ1) is 14.3. The van der Waals surface area contributed by atoms with Crippen molar-refractivity contribution in [3.63, 3.8) is 0 Å². The minimum atomic E-state index is -1.00. The fraction of sp³-hybridized carbons (Fsp3) is 0.227. The lowest BCUT2D eigenvalue weighted by Gasteiger charge is -2.13. The first-order valence-corrected chi connectivity index (χ1v) is 9.11. The van der Waals surface area contributed by atoms with Crippen LogP contribution >= 0.6 is 0 Å². The van der Waals surface area contributed by atoms with Gasteiger partial charge in [0.15, 0.2) is 6.10 Å². The van der Waals surface area contributed by atoms with Gasteiger partial charge >= 0.3 is 5.97 Å². The number of methoxy groups -OCH3 is 2. The number of anilines is 2. The summed E-state index contributed by atoms with van der Waals surface area (Å²) in [6.07, 6.45) is 1.75. The van der Waals surface area contributed by atoms with Crippen molar-refractivity contribution < 1.29 is 28.6 Å². The van der Waals surface area contributed by atoms with E-state index in [2.05, 4.69) is 10.6 Å². The molecule has 2 aromatic rings. The molecule has 0 unspecified atom stereocenters. The summed E-state index contributed by atoms with van der Waals surface area (Å²) in [5.41, 5.74) is 1.78. The molecule has 30 heavy (non-hydrogen) atoms. The normalized spacial score (nSPS) is 11.5. The molecule has 0 aliphatic carbocycles. The minimum Gasteiger partial charge on any atom is -0.497 e. The molecule has 0 saturated carbocycles. The highest BCUT2D eigenvalue weighted by Crippen LogP contribution is 2.25. The maximum absolute atomic E-state index is 12.2. The van der Waals surface area contributed by atoms with Crippen molar-refractivity contribution in [3.8, 4) is 11.5 Å². The van der Waals surface area contributed by atoms with Crippen LogP contribution in [0.15, 0.2) is 48.5 Å². The van der Waals surface area contributed by atoms with Crippen molar-refractivity contribution in [2.24, 2.45) is 0 Å². The standard InChI is InChI=1S/C22H24N2O6/c1-14(22(27)24-18-9-7-17(8-10-18)23-15(2)25)30-21(26)12-6-16-5-11-19(28-3)13-20(16)29-4/h5-14H,1-4H3,(H,23,25)(H,24,27)/b12-6+/t14-/m1/s1. The smallest absolute Gasteiger partial charge is 0.331 e. The minimum absolute atomic E-state index is 0.187. The zero-order valence-electron chi connectivity index (χ0n) is 17.2. The van der Waals surface area contributed by atoms with Gasteiger partial charge in [0.05, 0.1) is 14.2 Å².